The molecule has 0 bridgehead atoms. The predicted molar refractivity (Wildman–Crippen MR) is 430 cm³/mol. The number of nitrogens with zero attached hydrogens (tertiary/aromatic N) is 4. The van der Waals surface area contributed by atoms with Gasteiger partial charge in [0.2, 0.25) is 0 Å². The normalized spacial score (nSPS) is 17.3. The number of benzene rings is 8. The number of hydrogen-bond acceptors (Lipinski definition) is 20. The van der Waals surface area contributed by atoms with Crippen molar-refractivity contribution < 1.29 is 71.9 Å². The molecule has 0 saturated heterocycles. The summed E-state index contributed by atoms with van der Waals surface area (Å²) < 4.78 is 126. The number of unbranched alkanes of at least 4 members (excludes halogenated alkanes) is 3. The lowest BCUT2D eigenvalue weighted by atomic mass is 9.96. The molecule has 4 atom stereocenters. The van der Waals surface area contributed by atoms with Gasteiger partial charge in [-0.2, -0.15) is 9.59 Å². The average Bonchev–Trinajstić information content (AvgIpc) is 1.64. The Labute approximate surface area is 654 Å². The Balaban J connectivity index is 0.000000184. The van der Waals surface area contributed by atoms with E-state index in [9.17, 15) is 48.1 Å². The summed E-state index contributed by atoms with van der Waals surface area (Å²) in [5.74, 6) is -0.734. The van der Waals surface area contributed by atoms with Crippen LogP contribution in [0, 0.1) is 27.7 Å². The van der Waals surface area contributed by atoms with Gasteiger partial charge in [0, 0.05) is 47.7 Å². The third-order valence-corrected chi connectivity index (χ3v) is 26.7. The van der Waals surface area contributed by atoms with Gasteiger partial charge in [-0.05, 0) is 196 Å². The average molecular weight is 1600 g/mol. The highest BCUT2D eigenvalue weighted by Crippen LogP contribution is 2.45. The zero-order valence-corrected chi connectivity index (χ0v) is 68.3. The minimum Gasteiger partial charge on any atom is -0.466 e. The lowest BCUT2D eigenvalue weighted by molar-refractivity contribution is -0.191. The van der Waals surface area contributed by atoms with E-state index in [2.05, 4.69) is 28.2 Å². The maximum Gasteiger partial charge on any atom is 0.373 e. The van der Waals surface area contributed by atoms with Crippen LogP contribution in [-0.4, -0.2) is 132 Å². The van der Waals surface area contributed by atoms with Gasteiger partial charge in [0.05, 0.1) is 99.2 Å². The van der Waals surface area contributed by atoms with Crippen molar-refractivity contribution in [1.29, 1.82) is 0 Å². The molecule has 4 N–H and O–H groups in total. The summed E-state index contributed by atoms with van der Waals surface area (Å²) in [6.45, 7) is 18.5. The van der Waals surface area contributed by atoms with Crippen molar-refractivity contribution >= 4 is 86.9 Å². The van der Waals surface area contributed by atoms with E-state index < -0.39 is 40.1 Å². The number of esters is 3. The van der Waals surface area contributed by atoms with Crippen molar-refractivity contribution in [3.63, 3.8) is 0 Å². The number of nitrogens with one attached hydrogen (secondary N) is 4. The van der Waals surface area contributed by atoms with Crippen LogP contribution in [0.3, 0.4) is 0 Å². The topological polar surface area (TPSA) is 311 Å². The Bertz CT molecular complexity index is 4960. The molecule has 28 heteroatoms. The number of carbonyl (C=O) groups excluding carboxylic acids is 5. The van der Waals surface area contributed by atoms with Gasteiger partial charge in [-0.3, -0.25) is 31.6 Å². The molecule has 0 amide bonds. The zero-order chi connectivity index (χ0) is 81.0. The number of sulfonamides is 4. The molecule has 0 aliphatic carbocycles. The number of anilines is 4. The van der Waals surface area contributed by atoms with E-state index in [-0.39, 0.29) is 70.9 Å². The maximum absolute atomic E-state index is 13.2. The Morgan fingerprint density at radius 1 is 0.333 bits per heavy atom. The molecule has 0 fully saturated rings. The van der Waals surface area contributed by atoms with Gasteiger partial charge in [0.15, 0.2) is 0 Å². The van der Waals surface area contributed by atoms with E-state index in [0.717, 1.165) is 93.5 Å². The maximum atomic E-state index is 13.2. The van der Waals surface area contributed by atoms with Crippen molar-refractivity contribution in [2.24, 2.45) is 0 Å². The van der Waals surface area contributed by atoms with E-state index in [1.807, 2.05) is 161 Å². The monoisotopic (exact) mass is 1590 g/mol. The van der Waals surface area contributed by atoms with Crippen LogP contribution < -0.4 is 38.5 Å². The second kappa shape index (κ2) is 39.5. The lowest BCUT2D eigenvalue weighted by Crippen LogP contribution is -2.26. The molecule has 24 nitrogen and oxygen atoms in total. The van der Waals surface area contributed by atoms with Crippen molar-refractivity contribution in [3.8, 4) is 0 Å². The lowest BCUT2D eigenvalue weighted by Gasteiger charge is -2.22. The number of aryl methyl sites for hydroxylation is 4. The molecule has 4 unspecified atom stereocenters. The number of ether oxygens (including phenoxy) is 3. The number of fused-ring (bicyclic) bond motifs is 8. The molecule has 594 valence electrons. The van der Waals surface area contributed by atoms with Crippen LogP contribution in [-0.2, 0) is 78.3 Å². The van der Waals surface area contributed by atoms with Crippen LogP contribution in [0.15, 0.2) is 189 Å². The molecule has 8 aromatic rings. The van der Waals surface area contributed by atoms with Gasteiger partial charge in [-0.25, -0.2) is 33.7 Å². The van der Waals surface area contributed by atoms with Crippen molar-refractivity contribution in [3.05, 3.63) is 237 Å². The van der Waals surface area contributed by atoms with Crippen LogP contribution in [0.4, 0.5) is 22.7 Å². The number of hydrogen-bond donors (Lipinski definition) is 4. The summed E-state index contributed by atoms with van der Waals surface area (Å²) in [6.07, 6.45) is 6.01. The summed E-state index contributed by atoms with van der Waals surface area (Å²) in [5, 5.41) is 13.8. The van der Waals surface area contributed by atoms with Gasteiger partial charge in [-0.1, -0.05) is 141 Å². The van der Waals surface area contributed by atoms with Crippen molar-refractivity contribution in [1.82, 2.24) is 21.3 Å². The molecule has 8 aromatic carbocycles. The first kappa shape index (κ1) is 87.0. The van der Waals surface area contributed by atoms with Gasteiger partial charge in [0.1, 0.15) is 0 Å². The van der Waals surface area contributed by atoms with Gasteiger partial charge >= 0.3 is 24.1 Å². The summed E-state index contributed by atoms with van der Waals surface area (Å²) in [4.78, 5) is 52.4. The molecular weight excluding hydrogens is 1490 g/mol. The van der Waals surface area contributed by atoms with E-state index >= 15 is 0 Å². The second-order valence-corrected chi connectivity index (χ2v) is 34.8. The van der Waals surface area contributed by atoms with Gasteiger partial charge in [-0.15, -0.1) is 0 Å². The van der Waals surface area contributed by atoms with Crippen molar-refractivity contribution in [2.45, 2.75) is 151 Å². The molecule has 12 rings (SSSR count). The van der Waals surface area contributed by atoms with Crippen LogP contribution >= 0.6 is 0 Å². The van der Waals surface area contributed by atoms with Gasteiger partial charge in [0.25, 0.3) is 40.1 Å². The minimum atomic E-state index is -3.67. The number of para-hydroxylation sites is 4. The fourth-order valence-electron chi connectivity index (χ4n) is 13.7. The van der Waals surface area contributed by atoms with Crippen LogP contribution in [0.5, 0.6) is 0 Å². The van der Waals surface area contributed by atoms with Gasteiger partial charge < -0.3 is 35.5 Å². The highest BCUT2D eigenvalue weighted by Gasteiger charge is 2.39. The molecule has 111 heavy (non-hydrogen) atoms. The third-order valence-electron chi connectivity index (χ3n) is 19.4. The Morgan fingerprint density at radius 2 is 0.568 bits per heavy atom. The first-order valence-electron chi connectivity index (χ1n) is 37.1. The number of rotatable bonds is 22. The first-order valence-corrected chi connectivity index (χ1v) is 42.9. The first-order chi connectivity index (χ1) is 53.0. The largest absolute Gasteiger partial charge is 0.466 e. The Hall–Kier alpha value is -9.61. The highest BCUT2D eigenvalue weighted by atomic mass is 32.2. The van der Waals surface area contributed by atoms with Crippen LogP contribution in [0.1, 0.15) is 170 Å². The fourth-order valence-corrected chi connectivity index (χ4v) is 19.9. The van der Waals surface area contributed by atoms with E-state index in [1.54, 1.807) is 85.4 Å². The molecule has 4 aliphatic heterocycles. The summed E-state index contributed by atoms with van der Waals surface area (Å²) >= 11 is 0. The predicted octanol–water partition coefficient (Wildman–Crippen LogP) is 12.5. The molecule has 0 radical (unpaired) electrons. The third kappa shape index (κ3) is 20.6. The van der Waals surface area contributed by atoms with Crippen LogP contribution in [0.2, 0.25) is 0 Å². The molecule has 4 heterocycles. The van der Waals surface area contributed by atoms with E-state index in [1.165, 1.54) is 23.6 Å². The summed E-state index contributed by atoms with van der Waals surface area (Å²) in [5.41, 5.74) is 12.9. The molecular formula is C83H102N8O16S4. The standard InChI is InChI=1S/C22H28N2O4S.2C20H24N2O4S.C20H26N2O2S.CO2/c1-4-28-21(25)11-7-8-14-23-22-17-9-5-6-10-19(17)24(3)29(26,27)20-15-16(2)12-13-18(20)22;2*1-4-26-19(23)11-12-21-20-15-7-5-6-8-17(15)22(3)27(24,25)18-13-14(2)9-10-16(18)20;1-4-5-8-13-21-20-16-9-6-7-10-18(16)22(3)25(23,24)19-14-15(2)11-12-17(19)20;2-1-3/h5-6,9-10,12-13,15,22-23H,4,7-8,11,14H2,1-3H3;2*5-10,13,20-21H,4,11-12H2,1-3H3;6-7,9-12,14,20-21H,4-5,8,13H2,1-3H3;. The Morgan fingerprint density at radius 3 is 0.820 bits per heavy atom. The molecule has 0 aromatic heterocycles. The highest BCUT2D eigenvalue weighted by molar-refractivity contribution is 7.93. The molecule has 4 aliphatic rings. The van der Waals surface area contributed by atoms with E-state index in [4.69, 9.17) is 23.8 Å². The van der Waals surface area contributed by atoms with Crippen LogP contribution in [0.25, 0.3) is 0 Å². The zero-order valence-electron chi connectivity index (χ0n) is 65.0. The van der Waals surface area contributed by atoms with E-state index in [0.29, 0.717) is 83.9 Å². The second-order valence-electron chi connectivity index (χ2n) is 27.0. The summed E-state index contributed by atoms with van der Waals surface area (Å²) in [6, 6.07) is 51.3. The molecule has 0 saturated carbocycles. The smallest absolute Gasteiger partial charge is 0.373 e. The van der Waals surface area contributed by atoms with Crippen molar-refractivity contribution in [2.75, 3.05) is 91.4 Å². The quantitative estimate of drug-likeness (QED) is 0.0278. The minimum absolute atomic E-state index is 0.122. The molecule has 0 spiro atoms. The number of carbonyl (C=O) groups is 3. The Kier molecular flexibility index (Phi) is 31.0. The SMILES string of the molecule is CCCCCNC1c2ccccc2N(C)S(=O)(=O)c2cc(C)ccc21.CCOC(=O)CCCCNC1c2ccccc2N(C)S(=O)(=O)c2cc(C)ccc21.CCOC(=O)CCNC1c2ccccc2N(C)S(=O)(=O)c2cc(C)ccc21.CCOC(=O)CCNC1c2ccccc2N(C)S(=O)(=O)c2cc(C)ccc21.O=C=O. The fraction of sp³-hybridized carbons (Fsp3) is 0.373. The summed E-state index contributed by atoms with van der Waals surface area (Å²) in [7, 11) is -8.18.